The van der Waals surface area contributed by atoms with E-state index in [2.05, 4.69) is 174 Å². The lowest BCUT2D eigenvalue weighted by Gasteiger charge is -2.15. The van der Waals surface area contributed by atoms with Crippen molar-refractivity contribution in [3.05, 3.63) is 182 Å². The first-order valence-corrected chi connectivity index (χ1v) is 20.6. The predicted octanol–water partition coefficient (Wildman–Crippen LogP) is 14.5. The molecule has 0 saturated heterocycles. The normalized spacial score (nSPS) is 12.1. The second-order valence-electron chi connectivity index (χ2n) is 15.2. The Morgan fingerprint density at radius 2 is 1.02 bits per heavy atom. The van der Waals surface area contributed by atoms with Crippen LogP contribution in [0.4, 0.5) is 0 Å². The van der Waals surface area contributed by atoms with Gasteiger partial charge in [-0.05, 0) is 88.3 Å². The quantitative estimate of drug-likeness (QED) is 0.179. The van der Waals surface area contributed by atoms with Crippen molar-refractivity contribution in [1.29, 1.82) is 0 Å². The van der Waals surface area contributed by atoms with Crippen LogP contribution in [0, 0.1) is 0 Å². The third kappa shape index (κ3) is 4.94. The van der Waals surface area contributed by atoms with Gasteiger partial charge in [0.2, 0.25) is 0 Å². The summed E-state index contributed by atoms with van der Waals surface area (Å²) in [7, 11) is 0. The number of aromatic nitrogens is 4. The zero-order chi connectivity index (χ0) is 38.6. The Kier molecular flexibility index (Phi) is 6.82. The van der Waals surface area contributed by atoms with E-state index in [1.165, 1.54) is 36.3 Å². The molecular weight excluding hydrogens is 741 g/mol. The standard InChI is InChI=1S/C53H30N4OS/c1-2-12-32-27-35(22-21-31(32)11-1)51-54-52(36-23-26-48-43(29-36)39-17-7-10-20-47(39)59-48)56-53(55-51)41-25-24-40-38-16-6-9-19-46(38)58-50(40)49(41)57-44-18-8-5-15-37(44)42-28-33-13-3-4-14-34(33)30-45(42)57/h1-30H. The highest BCUT2D eigenvalue weighted by atomic mass is 32.1. The molecule has 0 aliphatic carbocycles. The summed E-state index contributed by atoms with van der Waals surface area (Å²) in [6.07, 6.45) is 0. The molecule has 274 valence electrons. The van der Waals surface area contributed by atoms with Gasteiger partial charge in [0.05, 0.1) is 11.0 Å². The van der Waals surface area contributed by atoms with Gasteiger partial charge in [-0.2, -0.15) is 0 Å². The summed E-state index contributed by atoms with van der Waals surface area (Å²) in [5, 5.41) is 11.5. The van der Waals surface area contributed by atoms with Crippen LogP contribution in [-0.2, 0) is 0 Å². The number of hydrogen-bond donors (Lipinski definition) is 0. The lowest BCUT2D eigenvalue weighted by molar-refractivity contribution is 0.666. The van der Waals surface area contributed by atoms with E-state index in [1.54, 1.807) is 11.3 Å². The minimum absolute atomic E-state index is 0.567. The molecule has 0 saturated carbocycles. The van der Waals surface area contributed by atoms with Crippen LogP contribution < -0.4 is 0 Å². The van der Waals surface area contributed by atoms with E-state index in [9.17, 15) is 0 Å². The zero-order valence-electron chi connectivity index (χ0n) is 31.4. The number of thiophene rings is 1. The molecule has 0 aliphatic rings. The molecule has 4 heterocycles. The first-order chi connectivity index (χ1) is 29.2. The van der Waals surface area contributed by atoms with Gasteiger partial charge in [-0.15, -0.1) is 11.3 Å². The van der Waals surface area contributed by atoms with E-state index in [1.807, 2.05) is 12.1 Å². The molecule has 0 fully saturated rings. The molecular formula is C53H30N4OS. The molecule has 0 atom stereocenters. The van der Waals surface area contributed by atoms with Crippen LogP contribution in [0.1, 0.15) is 0 Å². The van der Waals surface area contributed by atoms with Crippen molar-refractivity contribution in [3.63, 3.8) is 0 Å². The van der Waals surface area contributed by atoms with Crippen molar-refractivity contribution in [2.45, 2.75) is 0 Å². The third-order valence-corrected chi connectivity index (χ3v) is 13.0. The number of benzene rings is 9. The largest absolute Gasteiger partial charge is 0.454 e. The van der Waals surface area contributed by atoms with Crippen LogP contribution in [0.2, 0.25) is 0 Å². The van der Waals surface area contributed by atoms with Gasteiger partial charge in [-0.25, -0.2) is 15.0 Å². The molecule has 0 radical (unpaired) electrons. The summed E-state index contributed by atoms with van der Waals surface area (Å²) in [6.45, 7) is 0. The summed E-state index contributed by atoms with van der Waals surface area (Å²) in [6, 6.07) is 64.4. The average Bonchev–Trinajstić information content (AvgIpc) is 3.97. The predicted molar refractivity (Wildman–Crippen MR) is 246 cm³/mol. The number of furan rings is 1. The monoisotopic (exact) mass is 770 g/mol. The first-order valence-electron chi connectivity index (χ1n) is 19.8. The van der Waals surface area contributed by atoms with Gasteiger partial charge < -0.3 is 8.98 Å². The Hall–Kier alpha value is -7.67. The minimum atomic E-state index is 0.567. The van der Waals surface area contributed by atoms with Gasteiger partial charge in [0.25, 0.3) is 0 Å². The maximum Gasteiger partial charge on any atom is 0.166 e. The highest BCUT2D eigenvalue weighted by Crippen LogP contribution is 2.44. The molecule has 0 unspecified atom stereocenters. The van der Waals surface area contributed by atoms with Crippen LogP contribution in [0.25, 0.3) is 125 Å². The van der Waals surface area contributed by atoms with Crippen LogP contribution in [0.15, 0.2) is 186 Å². The van der Waals surface area contributed by atoms with E-state index in [0.717, 1.165) is 71.5 Å². The topological polar surface area (TPSA) is 56.7 Å². The Bertz CT molecular complexity index is 3870. The van der Waals surface area contributed by atoms with Gasteiger partial charge in [-0.3, -0.25) is 0 Å². The summed E-state index contributed by atoms with van der Waals surface area (Å²) in [5.74, 6) is 1.78. The van der Waals surface area contributed by atoms with Crippen LogP contribution in [-0.4, -0.2) is 19.5 Å². The van der Waals surface area contributed by atoms with Crippen molar-refractivity contribution >= 4 is 96.8 Å². The molecule has 9 aromatic carbocycles. The van der Waals surface area contributed by atoms with Crippen molar-refractivity contribution in [1.82, 2.24) is 19.5 Å². The molecule has 4 aromatic heterocycles. The summed E-state index contributed by atoms with van der Waals surface area (Å²) in [4.78, 5) is 16.0. The number of hydrogen-bond acceptors (Lipinski definition) is 5. The Morgan fingerprint density at radius 3 is 1.86 bits per heavy atom. The number of rotatable bonds is 4. The molecule has 13 aromatic rings. The fourth-order valence-electron chi connectivity index (χ4n) is 9.02. The number of fused-ring (bicyclic) bond motifs is 11. The van der Waals surface area contributed by atoms with Crippen LogP contribution in [0.3, 0.4) is 0 Å². The van der Waals surface area contributed by atoms with Gasteiger partial charge in [-0.1, -0.05) is 115 Å². The van der Waals surface area contributed by atoms with Gasteiger partial charge in [0.15, 0.2) is 23.1 Å². The third-order valence-electron chi connectivity index (χ3n) is 11.8. The fourth-order valence-corrected chi connectivity index (χ4v) is 10.1. The molecule has 6 heteroatoms. The maximum absolute atomic E-state index is 6.92. The molecule has 0 amide bonds. The number of nitrogens with zero attached hydrogens (tertiary/aromatic N) is 4. The van der Waals surface area contributed by atoms with Crippen molar-refractivity contribution < 1.29 is 4.42 Å². The highest BCUT2D eigenvalue weighted by Gasteiger charge is 2.25. The molecule has 0 spiro atoms. The second kappa shape index (κ2) is 12.4. The Labute approximate surface area is 341 Å². The lowest BCUT2D eigenvalue weighted by atomic mass is 10.0. The van der Waals surface area contributed by atoms with E-state index < -0.39 is 0 Å². The van der Waals surface area contributed by atoms with E-state index >= 15 is 0 Å². The molecule has 5 nitrogen and oxygen atoms in total. The lowest BCUT2D eigenvalue weighted by Crippen LogP contribution is -2.04. The molecule has 0 N–H and O–H groups in total. The smallest absolute Gasteiger partial charge is 0.166 e. The molecule has 59 heavy (non-hydrogen) atoms. The van der Waals surface area contributed by atoms with E-state index in [4.69, 9.17) is 19.4 Å². The van der Waals surface area contributed by atoms with Crippen molar-refractivity contribution in [2.75, 3.05) is 0 Å². The van der Waals surface area contributed by atoms with E-state index in [0.29, 0.717) is 17.5 Å². The van der Waals surface area contributed by atoms with Gasteiger partial charge in [0, 0.05) is 58.4 Å². The SMILES string of the molecule is c1ccc2cc(-c3nc(-c4ccc5sc6ccccc6c5c4)nc(-c4ccc5c(oc6ccccc65)c4-n4c5ccccc5c5cc6ccccc6cc54)n3)ccc2c1. The molecule has 13 rings (SSSR count). The minimum Gasteiger partial charge on any atom is -0.454 e. The average molecular weight is 771 g/mol. The van der Waals surface area contributed by atoms with E-state index in [-0.39, 0.29) is 0 Å². The summed E-state index contributed by atoms with van der Waals surface area (Å²) >= 11 is 1.81. The maximum atomic E-state index is 6.92. The zero-order valence-corrected chi connectivity index (χ0v) is 32.2. The second-order valence-corrected chi connectivity index (χ2v) is 16.3. The number of para-hydroxylation sites is 2. The van der Waals surface area contributed by atoms with Crippen LogP contribution >= 0.6 is 11.3 Å². The summed E-state index contributed by atoms with van der Waals surface area (Å²) < 4.78 is 11.8. The first kappa shape index (κ1) is 32.4. The van der Waals surface area contributed by atoms with Gasteiger partial charge >= 0.3 is 0 Å². The Morgan fingerprint density at radius 1 is 0.390 bits per heavy atom. The molecule has 0 aliphatic heterocycles. The van der Waals surface area contributed by atoms with Crippen LogP contribution in [0.5, 0.6) is 0 Å². The molecule has 0 bridgehead atoms. The Balaban J connectivity index is 1.15. The summed E-state index contributed by atoms with van der Waals surface area (Å²) in [5.41, 5.74) is 7.35. The van der Waals surface area contributed by atoms with Crippen molar-refractivity contribution in [2.24, 2.45) is 0 Å². The van der Waals surface area contributed by atoms with Crippen molar-refractivity contribution in [3.8, 4) is 39.9 Å². The highest BCUT2D eigenvalue weighted by molar-refractivity contribution is 7.25. The van der Waals surface area contributed by atoms with Gasteiger partial charge in [0.1, 0.15) is 11.3 Å². The fraction of sp³-hybridized carbons (Fsp3) is 0.